The maximum Gasteiger partial charge on any atom is 0.227 e. The van der Waals surface area contributed by atoms with E-state index in [2.05, 4.69) is 0 Å². The third-order valence-corrected chi connectivity index (χ3v) is 2.97. The Morgan fingerprint density at radius 2 is 2.28 bits per heavy atom. The molecule has 0 bridgehead atoms. The molecule has 0 spiro atoms. The Labute approximate surface area is 111 Å². The van der Waals surface area contributed by atoms with Gasteiger partial charge in [-0.05, 0) is 19.1 Å². The van der Waals surface area contributed by atoms with E-state index < -0.39 is 5.82 Å². The summed E-state index contributed by atoms with van der Waals surface area (Å²) in [7, 11) is 0. The smallest absolute Gasteiger partial charge is 0.227 e. The number of rotatable bonds is 5. The zero-order valence-corrected chi connectivity index (χ0v) is 10.9. The van der Waals surface area contributed by atoms with E-state index in [4.69, 9.17) is 16.9 Å². The predicted octanol–water partition coefficient (Wildman–Crippen LogP) is 2.78. The van der Waals surface area contributed by atoms with Gasteiger partial charge in [0.05, 0.1) is 18.9 Å². The molecule has 0 atom stereocenters. The van der Waals surface area contributed by atoms with E-state index in [-0.39, 0.29) is 29.3 Å². The molecule has 1 rings (SSSR count). The van der Waals surface area contributed by atoms with E-state index >= 15 is 0 Å². The molecule has 0 saturated heterocycles. The molecule has 96 valence electrons. The molecule has 18 heavy (non-hydrogen) atoms. The second-order valence-corrected chi connectivity index (χ2v) is 4.17. The van der Waals surface area contributed by atoms with Crippen LogP contribution in [0.25, 0.3) is 0 Å². The summed E-state index contributed by atoms with van der Waals surface area (Å²) >= 11 is 5.86. The van der Waals surface area contributed by atoms with Crippen molar-refractivity contribution < 1.29 is 9.18 Å². The lowest BCUT2D eigenvalue weighted by Gasteiger charge is -2.19. The van der Waals surface area contributed by atoms with Crippen molar-refractivity contribution in [3.8, 4) is 6.07 Å². The van der Waals surface area contributed by atoms with Crippen LogP contribution in [0.1, 0.15) is 18.9 Å². The van der Waals surface area contributed by atoms with Crippen LogP contribution < -0.4 is 0 Å². The molecule has 0 fully saturated rings. The Morgan fingerprint density at radius 1 is 1.56 bits per heavy atom. The fourth-order valence-electron chi connectivity index (χ4n) is 1.61. The standard InChI is InChI=1S/C13H14ClFN2O/c1-2-17(8-4-7-16)13(18)9-10-11(14)5-3-6-12(10)15/h3,5-6H,2,4,8-9H2,1H3. The molecule has 1 aromatic carbocycles. The number of nitrogens with zero attached hydrogens (tertiary/aromatic N) is 2. The number of carbonyl (C=O) groups excluding carboxylic acids is 1. The lowest BCUT2D eigenvalue weighted by Crippen LogP contribution is -2.33. The van der Waals surface area contributed by atoms with Crippen molar-refractivity contribution in [1.82, 2.24) is 4.90 Å². The molecule has 0 aliphatic rings. The van der Waals surface area contributed by atoms with E-state index in [0.29, 0.717) is 13.1 Å². The number of hydrogen-bond donors (Lipinski definition) is 0. The second kappa shape index (κ2) is 6.97. The van der Waals surface area contributed by atoms with E-state index in [1.54, 1.807) is 6.07 Å². The van der Waals surface area contributed by atoms with Gasteiger partial charge in [-0.2, -0.15) is 5.26 Å². The van der Waals surface area contributed by atoms with Crippen LogP contribution in [0.4, 0.5) is 4.39 Å². The Morgan fingerprint density at radius 3 is 2.83 bits per heavy atom. The van der Waals surface area contributed by atoms with E-state index in [9.17, 15) is 9.18 Å². The topological polar surface area (TPSA) is 44.1 Å². The number of nitriles is 1. The first-order chi connectivity index (χ1) is 8.60. The minimum atomic E-state index is -0.479. The molecule has 0 radical (unpaired) electrons. The molecule has 0 unspecified atom stereocenters. The molecule has 1 amide bonds. The first-order valence-corrected chi connectivity index (χ1v) is 6.05. The van der Waals surface area contributed by atoms with E-state index in [1.807, 2.05) is 13.0 Å². The van der Waals surface area contributed by atoms with Crippen LogP contribution in [0.3, 0.4) is 0 Å². The van der Waals surface area contributed by atoms with Gasteiger partial charge in [0, 0.05) is 23.7 Å². The molecule has 3 nitrogen and oxygen atoms in total. The van der Waals surface area contributed by atoms with Gasteiger partial charge in [0.2, 0.25) is 5.91 Å². The lowest BCUT2D eigenvalue weighted by molar-refractivity contribution is -0.130. The number of carbonyl (C=O) groups is 1. The first kappa shape index (κ1) is 14.5. The largest absolute Gasteiger partial charge is 0.342 e. The number of halogens is 2. The molecule has 0 aliphatic heterocycles. The molecule has 0 heterocycles. The van der Waals surface area contributed by atoms with Gasteiger partial charge in [-0.3, -0.25) is 4.79 Å². The van der Waals surface area contributed by atoms with Gasteiger partial charge in [0.1, 0.15) is 5.82 Å². The van der Waals surface area contributed by atoms with Crippen molar-refractivity contribution in [2.24, 2.45) is 0 Å². The molecular weight excluding hydrogens is 255 g/mol. The van der Waals surface area contributed by atoms with E-state index in [0.717, 1.165) is 0 Å². The molecule has 0 saturated carbocycles. The van der Waals surface area contributed by atoms with Gasteiger partial charge in [0.25, 0.3) is 0 Å². The summed E-state index contributed by atoms with van der Waals surface area (Å²) in [6.45, 7) is 2.67. The van der Waals surface area contributed by atoms with Crippen molar-refractivity contribution in [3.63, 3.8) is 0 Å². The van der Waals surface area contributed by atoms with Crippen LogP contribution >= 0.6 is 11.6 Å². The number of benzene rings is 1. The van der Waals surface area contributed by atoms with Crippen LogP contribution in [-0.4, -0.2) is 23.9 Å². The summed E-state index contributed by atoms with van der Waals surface area (Å²) in [5.41, 5.74) is 0.208. The van der Waals surface area contributed by atoms with Gasteiger partial charge in [-0.15, -0.1) is 0 Å². The maximum atomic E-state index is 13.5. The number of amides is 1. The number of hydrogen-bond acceptors (Lipinski definition) is 2. The van der Waals surface area contributed by atoms with Crippen molar-refractivity contribution in [2.75, 3.05) is 13.1 Å². The molecule has 0 aliphatic carbocycles. The molecule has 5 heteroatoms. The average Bonchev–Trinajstić information content (AvgIpc) is 2.35. The monoisotopic (exact) mass is 268 g/mol. The minimum absolute atomic E-state index is 0.0786. The Hall–Kier alpha value is -1.60. The molecule has 0 aromatic heterocycles. The molecular formula is C13H14ClFN2O. The van der Waals surface area contributed by atoms with Gasteiger partial charge in [-0.25, -0.2) is 4.39 Å². The molecule has 1 aromatic rings. The fraction of sp³-hybridized carbons (Fsp3) is 0.385. The third-order valence-electron chi connectivity index (χ3n) is 2.62. The van der Waals surface area contributed by atoms with Crippen molar-refractivity contribution in [1.29, 1.82) is 5.26 Å². The van der Waals surface area contributed by atoms with Crippen molar-refractivity contribution in [3.05, 3.63) is 34.6 Å². The van der Waals surface area contributed by atoms with Crippen LogP contribution in [-0.2, 0) is 11.2 Å². The highest BCUT2D eigenvalue weighted by molar-refractivity contribution is 6.31. The van der Waals surface area contributed by atoms with Crippen molar-refractivity contribution in [2.45, 2.75) is 19.8 Å². The summed E-state index contributed by atoms with van der Waals surface area (Å²) < 4.78 is 13.5. The zero-order valence-electron chi connectivity index (χ0n) is 10.1. The normalized spacial score (nSPS) is 9.89. The Bertz CT molecular complexity index is 450. The predicted molar refractivity (Wildman–Crippen MR) is 67.6 cm³/mol. The Balaban J connectivity index is 2.77. The first-order valence-electron chi connectivity index (χ1n) is 5.67. The summed E-state index contributed by atoms with van der Waals surface area (Å²) in [6, 6.07) is 6.31. The van der Waals surface area contributed by atoms with Gasteiger partial charge >= 0.3 is 0 Å². The highest BCUT2D eigenvalue weighted by atomic mass is 35.5. The third kappa shape index (κ3) is 3.71. The quantitative estimate of drug-likeness (QED) is 0.824. The maximum absolute atomic E-state index is 13.5. The summed E-state index contributed by atoms with van der Waals surface area (Å²) in [5, 5.41) is 8.75. The van der Waals surface area contributed by atoms with Gasteiger partial charge in [-0.1, -0.05) is 17.7 Å². The minimum Gasteiger partial charge on any atom is -0.342 e. The summed E-state index contributed by atoms with van der Waals surface area (Å²) in [5.74, 6) is -0.702. The highest BCUT2D eigenvalue weighted by Crippen LogP contribution is 2.20. The van der Waals surface area contributed by atoms with Gasteiger partial charge in [0.15, 0.2) is 0 Å². The SMILES string of the molecule is CCN(CCC#N)C(=O)Cc1c(F)cccc1Cl. The fourth-order valence-corrected chi connectivity index (χ4v) is 1.84. The highest BCUT2D eigenvalue weighted by Gasteiger charge is 2.16. The molecule has 0 N–H and O–H groups in total. The average molecular weight is 269 g/mol. The van der Waals surface area contributed by atoms with Crippen molar-refractivity contribution >= 4 is 17.5 Å². The number of likely N-dealkylation sites (N-methyl/N-ethyl adjacent to an activating group) is 1. The summed E-state index contributed by atoms with van der Waals surface area (Å²) in [6.07, 6.45) is 0.190. The van der Waals surface area contributed by atoms with Gasteiger partial charge < -0.3 is 4.90 Å². The Kier molecular flexibility index (Phi) is 5.60. The summed E-state index contributed by atoms with van der Waals surface area (Å²) in [4.78, 5) is 13.5. The zero-order chi connectivity index (χ0) is 13.5. The van der Waals surface area contributed by atoms with Crippen LogP contribution in [0.5, 0.6) is 0 Å². The van der Waals surface area contributed by atoms with E-state index in [1.165, 1.54) is 17.0 Å². The van der Waals surface area contributed by atoms with Crippen LogP contribution in [0, 0.1) is 17.1 Å². The van der Waals surface area contributed by atoms with Crippen LogP contribution in [0.2, 0.25) is 5.02 Å². The lowest BCUT2D eigenvalue weighted by atomic mass is 10.1. The second-order valence-electron chi connectivity index (χ2n) is 3.76. The van der Waals surface area contributed by atoms with Crippen LogP contribution in [0.15, 0.2) is 18.2 Å².